The molecule has 1 fully saturated rings. The Hall–Kier alpha value is -1.56. The molecule has 1 aromatic carbocycles. The maximum absolute atomic E-state index is 12.7. The first-order chi connectivity index (χ1) is 10.4. The molecular weight excluding hydrogens is 293 g/mol. The van der Waals surface area contributed by atoms with E-state index in [2.05, 4.69) is 17.1 Å². The van der Waals surface area contributed by atoms with Gasteiger partial charge in [0.15, 0.2) is 0 Å². The second-order valence-corrected chi connectivity index (χ2v) is 5.67. The maximum Gasteiger partial charge on any atom is 0.416 e. The lowest BCUT2D eigenvalue weighted by Crippen LogP contribution is -2.44. The van der Waals surface area contributed by atoms with Crippen molar-refractivity contribution in [1.29, 1.82) is 0 Å². The second kappa shape index (κ2) is 7.13. The third-order valence-electron chi connectivity index (χ3n) is 3.91. The molecular formula is C16H21F3N2O. The van der Waals surface area contributed by atoms with Gasteiger partial charge >= 0.3 is 6.18 Å². The van der Waals surface area contributed by atoms with Crippen LogP contribution in [0.1, 0.15) is 42.1 Å². The number of hydrogen-bond acceptors (Lipinski definition) is 2. The van der Waals surface area contributed by atoms with E-state index in [1.165, 1.54) is 12.1 Å². The Morgan fingerprint density at radius 3 is 2.59 bits per heavy atom. The van der Waals surface area contributed by atoms with Gasteiger partial charge in [-0.05, 0) is 44.0 Å². The molecule has 1 aromatic rings. The predicted octanol–water partition coefficient (Wildman–Crippen LogP) is 3.31. The van der Waals surface area contributed by atoms with Crippen molar-refractivity contribution >= 4 is 5.91 Å². The second-order valence-electron chi connectivity index (χ2n) is 5.67. The van der Waals surface area contributed by atoms with Crippen LogP contribution < -0.4 is 5.32 Å². The molecule has 0 aromatic heterocycles. The number of alkyl halides is 3. The van der Waals surface area contributed by atoms with Crippen molar-refractivity contribution in [1.82, 2.24) is 10.2 Å². The van der Waals surface area contributed by atoms with Crippen molar-refractivity contribution < 1.29 is 18.0 Å². The first-order valence-corrected chi connectivity index (χ1v) is 7.60. The van der Waals surface area contributed by atoms with Gasteiger partial charge in [0.25, 0.3) is 5.91 Å². The van der Waals surface area contributed by atoms with Crippen LogP contribution in [0.4, 0.5) is 13.2 Å². The fourth-order valence-corrected chi connectivity index (χ4v) is 2.72. The first kappa shape index (κ1) is 16.8. The number of rotatable bonds is 4. The fourth-order valence-electron chi connectivity index (χ4n) is 2.72. The lowest BCUT2D eigenvalue weighted by atomic mass is 10.0. The van der Waals surface area contributed by atoms with Crippen LogP contribution in [-0.2, 0) is 6.18 Å². The zero-order valence-corrected chi connectivity index (χ0v) is 12.6. The average molecular weight is 314 g/mol. The summed E-state index contributed by atoms with van der Waals surface area (Å²) in [6.45, 7) is 5.01. The number of likely N-dealkylation sites (tertiary alicyclic amines) is 1. The number of nitrogens with one attached hydrogen (secondary N) is 1. The highest BCUT2D eigenvalue weighted by molar-refractivity contribution is 5.94. The third kappa shape index (κ3) is 4.47. The van der Waals surface area contributed by atoms with Gasteiger partial charge < -0.3 is 10.2 Å². The van der Waals surface area contributed by atoms with Crippen molar-refractivity contribution in [2.75, 3.05) is 19.6 Å². The lowest BCUT2D eigenvalue weighted by molar-refractivity contribution is -0.137. The zero-order valence-electron chi connectivity index (χ0n) is 12.6. The van der Waals surface area contributed by atoms with Crippen LogP contribution in [0.15, 0.2) is 24.3 Å². The minimum atomic E-state index is -4.43. The summed E-state index contributed by atoms with van der Waals surface area (Å²) in [6, 6.07) is 4.59. The van der Waals surface area contributed by atoms with E-state index in [-0.39, 0.29) is 11.6 Å². The molecule has 1 saturated heterocycles. The molecule has 0 bridgehead atoms. The summed E-state index contributed by atoms with van der Waals surface area (Å²) in [5.74, 6) is -0.431. The topological polar surface area (TPSA) is 32.3 Å². The van der Waals surface area contributed by atoms with Gasteiger partial charge in [0.2, 0.25) is 0 Å². The van der Waals surface area contributed by atoms with Crippen LogP contribution in [0.25, 0.3) is 0 Å². The van der Waals surface area contributed by atoms with Gasteiger partial charge in [-0.15, -0.1) is 0 Å². The maximum atomic E-state index is 12.7. The van der Waals surface area contributed by atoms with E-state index in [0.717, 1.165) is 51.0 Å². The molecule has 0 atom stereocenters. The van der Waals surface area contributed by atoms with Gasteiger partial charge in [-0.1, -0.05) is 13.0 Å². The molecule has 6 heteroatoms. The minimum absolute atomic E-state index is 0.0372. The van der Waals surface area contributed by atoms with E-state index in [4.69, 9.17) is 0 Å². The molecule has 1 amide bonds. The molecule has 0 unspecified atom stereocenters. The molecule has 2 rings (SSSR count). The number of carbonyl (C=O) groups excluding carboxylic acids is 1. The highest BCUT2D eigenvalue weighted by Crippen LogP contribution is 2.29. The van der Waals surface area contributed by atoms with Gasteiger partial charge in [0, 0.05) is 24.7 Å². The third-order valence-corrected chi connectivity index (χ3v) is 3.91. The van der Waals surface area contributed by atoms with Crippen LogP contribution in [0.2, 0.25) is 0 Å². The summed E-state index contributed by atoms with van der Waals surface area (Å²) in [4.78, 5) is 14.4. The number of benzene rings is 1. The molecule has 0 radical (unpaired) electrons. The van der Waals surface area contributed by atoms with E-state index in [1.807, 2.05) is 0 Å². The van der Waals surface area contributed by atoms with E-state index >= 15 is 0 Å². The molecule has 1 aliphatic heterocycles. The Morgan fingerprint density at radius 1 is 1.32 bits per heavy atom. The Bertz CT molecular complexity index is 508. The SMILES string of the molecule is CCCN1CCC(NC(=O)c2cccc(C(F)(F)F)c2)CC1. The van der Waals surface area contributed by atoms with E-state index in [9.17, 15) is 18.0 Å². The summed E-state index contributed by atoms with van der Waals surface area (Å²) < 4.78 is 38.0. The summed E-state index contributed by atoms with van der Waals surface area (Å²) >= 11 is 0. The van der Waals surface area contributed by atoms with Gasteiger partial charge in [-0.3, -0.25) is 4.79 Å². The summed E-state index contributed by atoms with van der Waals surface area (Å²) in [5, 5.41) is 2.84. The van der Waals surface area contributed by atoms with E-state index in [0.29, 0.717) is 0 Å². The van der Waals surface area contributed by atoms with Crippen molar-refractivity contribution in [2.24, 2.45) is 0 Å². The predicted molar refractivity (Wildman–Crippen MR) is 78.7 cm³/mol. The standard InChI is InChI=1S/C16H21F3N2O/c1-2-8-21-9-6-14(7-10-21)20-15(22)12-4-3-5-13(11-12)16(17,18)19/h3-5,11,14H,2,6-10H2,1H3,(H,20,22). The largest absolute Gasteiger partial charge is 0.416 e. The normalized spacial score (nSPS) is 17.5. The molecule has 22 heavy (non-hydrogen) atoms. The van der Waals surface area contributed by atoms with Crippen molar-refractivity contribution in [3.05, 3.63) is 35.4 Å². The number of halogens is 3. The quantitative estimate of drug-likeness (QED) is 0.925. The highest BCUT2D eigenvalue weighted by atomic mass is 19.4. The monoisotopic (exact) mass is 314 g/mol. The zero-order chi connectivity index (χ0) is 16.2. The highest BCUT2D eigenvalue weighted by Gasteiger charge is 2.31. The number of nitrogens with zero attached hydrogens (tertiary/aromatic N) is 1. The summed E-state index contributed by atoms with van der Waals surface area (Å²) in [7, 11) is 0. The van der Waals surface area contributed by atoms with Gasteiger partial charge in [0.05, 0.1) is 5.56 Å². The number of carbonyl (C=O) groups is 1. The Balaban J connectivity index is 1.93. The van der Waals surface area contributed by atoms with E-state index < -0.39 is 17.6 Å². The lowest BCUT2D eigenvalue weighted by Gasteiger charge is -2.32. The van der Waals surface area contributed by atoms with Crippen molar-refractivity contribution in [3.8, 4) is 0 Å². The molecule has 1 heterocycles. The first-order valence-electron chi connectivity index (χ1n) is 7.60. The van der Waals surface area contributed by atoms with Crippen LogP contribution in [0.3, 0.4) is 0 Å². The van der Waals surface area contributed by atoms with Crippen LogP contribution in [0.5, 0.6) is 0 Å². The van der Waals surface area contributed by atoms with Gasteiger partial charge in [-0.2, -0.15) is 13.2 Å². The minimum Gasteiger partial charge on any atom is -0.349 e. The molecule has 0 aliphatic carbocycles. The smallest absolute Gasteiger partial charge is 0.349 e. The fraction of sp³-hybridized carbons (Fsp3) is 0.562. The Morgan fingerprint density at radius 2 is 2.00 bits per heavy atom. The number of piperidine rings is 1. The molecule has 0 spiro atoms. The van der Waals surface area contributed by atoms with E-state index in [1.54, 1.807) is 0 Å². The number of hydrogen-bond donors (Lipinski definition) is 1. The van der Waals surface area contributed by atoms with Crippen LogP contribution >= 0.6 is 0 Å². The molecule has 1 N–H and O–H groups in total. The van der Waals surface area contributed by atoms with Gasteiger partial charge in [-0.25, -0.2) is 0 Å². The number of amides is 1. The molecule has 1 aliphatic rings. The average Bonchev–Trinajstić information content (AvgIpc) is 2.49. The van der Waals surface area contributed by atoms with Crippen molar-refractivity contribution in [2.45, 2.75) is 38.4 Å². The molecule has 3 nitrogen and oxygen atoms in total. The van der Waals surface area contributed by atoms with Crippen LogP contribution in [-0.4, -0.2) is 36.5 Å². The Labute approximate surface area is 128 Å². The van der Waals surface area contributed by atoms with Crippen LogP contribution in [0, 0.1) is 0 Å². The van der Waals surface area contributed by atoms with Gasteiger partial charge in [0.1, 0.15) is 0 Å². The summed E-state index contributed by atoms with van der Waals surface area (Å²) in [6.07, 6.45) is -1.65. The molecule has 122 valence electrons. The Kier molecular flexibility index (Phi) is 5.45. The molecule has 0 saturated carbocycles. The van der Waals surface area contributed by atoms with Crippen molar-refractivity contribution in [3.63, 3.8) is 0 Å². The summed E-state index contributed by atoms with van der Waals surface area (Å²) in [5.41, 5.74) is -0.733.